The highest BCUT2D eigenvalue weighted by molar-refractivity contribution is 7.98. The number of nitrogens with zero attached hydrogens (tertiary/aromatic N) is 1. The molecule has 1 amide bonds. The number of hydrogen-bond acceptors (Lipinski definition) is 3. The smallest absolute Gasteiger partial charge is 0.251 e. The van der Waals surface area contributed by atoms with E-state index in [1.165, 1.54) is 12.8 Å². The third kappa shape index (κ3) is 4.75. The molecule has 1 fully saturated rings. The zero-order chi connectivity index (χ0) is 15.2. The fourth-order valence-electron chi connectivity index (χ4n) is 2.68. The van der Waals surface area contributed by atoms with E-state index >= 15 is 0 Å². The van der Waals surface area contributed by atoms with Gasteiger partial charge in [0.2, 0.25) is 0 Å². The largest absolute Gasteiger partial charge is 0.351 e. The van der Waals surface area contributed by atoms with Crippen molar-refractivity contribution in [2.45, 2.75) is 31.6 Å². The van der Waals surface area contributed by atoms with E-state index in [-0.39, 0.29) is 5.91 Å². The van der Waals surface area contributed by atoms with Gasteiger partial charge in [-0.05, 0) is 62.7 Å². The Hall–Kier alpha value is -1.00. The number of likely N-dealkylation sites (tertiary alicyclic amines) is 1. The summed E-state index contributed by atoms with van der Waals surface area (Å²) in [6, 6.07) is 6.07. The Morgan fingerprint density at radius 2 is 2.10 bits per heavy atom. The summed E-state index contributed by atoms with van der Waals surface area (Å²) in [5.74, 6) is 0.904. The van der Waals surface area contributed by atoms with Gasteiger partial charge in [0.05, 0.1) is 0 Å². The van der Waals surface area contributed by atoms with Crippen LogP contribution in [0.2, 0.25) is 0 Å². The first kappa shape index (κ1) is 16.4. The fourth-order valence-corrected chi connectivity index (χ4v) is 3.12. The van der Waals surface area contributed by atoms with E-state index in [0.717, 1.165) is 48.1 Å². The summed E-state index contributed by atoms with van der Waals surface area (Å²) in [6.45, 7) is 8.33. The molecule has 1 aromatic rings. The first-order chi connectivity index (χ1) is 10.1. The summed E-state index contributed by atoms with van der Waals surface area (Å²) in [7, 11) is 0. The normalized spacial score (nSPS) is 16.9. The molecule has 0 unspecified atom stereocenters. The third-order valence-corrected chi connectivity index (χ3v) is 5.00. The van der Waals surface area contributed by atoms with Crippen LogP contribution in [0.5, 0.6) is 0 Å². The first-order valence-electron chi connectivity index (χ1n) is 7.75. The van der Waals surface area contributed by atoms with Crippen molar-refractivity contribution >= 4 is 17.7 Å². The molecule has 1 aliphatic heterocycles. The van der Waals surface area contributed by atoms with Crippen LogP contribution < -0.4 is 5.32 Å². The van der Waals surface area contributed by atoms with Crippen molar-refractivity contribution in [1.82, 2.24) is 10.2 Å². The summed E-state index contributed by atoms with van der Waals surface area (Å²) >= 11 is 1.67. The molecule has 4 heteroatoms. The SMILES string of the molecule is CSc1ccc(C)c(C(=O)NCCN2CCC(C)CC2)c1. The highest BCUT2D eigenvalue weighted by Gasteiger charge is 2.15. The van der Waals surface area contributed by atoms with Gasteiger partial charge in [0.25, 0.3) is 5.91 Å². The molecule has 116 valence electrons. The van der Waals surface area contributed by atoms with Gasteiger partial charge in [-0.25, -0.2) is 0 Å². The van der Waals surface area contributed by atoms with Crippen molar-refractivity contribution in [1.29, 1.82) is 0 Å². The van der Waals surface area contributed by atoms with Crippen LogP contribution in [0, 0.1) is 12.8 Å². The van der Waals surface area contributed by atoms with Gasteiger partial charge in [-0.2, -0.15) is 0 Å². The minimum Gasteiger partial charge on any atom is -0.351 e. The zero-order valence-corrected chi connectivity index (χ0v) is 14.1. The highest BCUT2D eigenvalue weighted by atomic mass is 32.2. The fraction of sp³-hybridized carbons (Fsp3) is 0.588. The van der Waals surface area contributed by atoms with Gasteiger partial charge in [0.1, 0.15) is 0 Å². The topological polar surface area (TPSA) is 32.3 Å². The lowest BCUT2D eigenvalue weighted by atomic mass is 9.99. The molecule has 1 aliphatic rings. The van der Waals surface area contributed by atoms with E-state index < -0.39 is 0 Å². The van der Waals surface area contributed by atoms with Gasteiger partial charge >= 0.3 is 0 Å². The molecule has 1 heterocycles. The molecular formula is C17H26N2OS. The zero-order valence-electron chi connectivity index (χ0n) is 13.3. The molecule has 0 spiro atoms. The lowest BCUT2D eigenvalue weighted by Gasteiger charge is -2.30. The van der Waals surface area contributed by atoms with Crippen LogP contribution in [0.15, 0.2) is 23.1 Å². The predicted octanol–water partition coefficient (Wildman–Crippen LogP) is 3.18. The molecule has 2 rings (SSSR count). The van der Waals surface area contributed by atoms with Crippen molar-refractivity contribution in [3.8, 4) is 0 Å². The lowest BCUT2D eigenvalue weighted by Crippen LogP contribution is -2.39. The molecule has 0 radical (unpaired) electrons. The standard InChI is InChI=1S/C17H26N2OS/c1-13-6-9-19(10-7-13)11-8-18-17(20)16-12-15(21-3)5-4-14(16)2/h4-5,12-13H,6-11H2,1-3H3,(H,18,20). The average molecular weight is 306 g/mol. The van der Waals surface area contributed by atoms with E-state index in [4.69, 9.17) is 0 Å². The predicted molar refractivity (Wildman–Crippen MR) is 90.1 cm³/mol. The second kappa shape index (κ2) is 7.85. The third-order valence-electron chi connectivity index (χ3n) is 4.28. The van der Waals surface area contributed by atoms with Gasteiger partial charge in [-0.3, -0.25) is 4.79 Å². The molecular weight excluding hydrogens is 280 g/mol. The minimum absolute atomic E-state index is 0.0498. The van der Waals surface area contributed by atoms with Crippen molar-refractivity contribution in [3.63, 3.8) is 0 Å². The quantitative estimate of drug-likeness (QED) is 0.848. The average Bonchev–Trinajstić information content (AvgIpc) is 2.49. The second-order valence-corrected chi connectivity index (χ2v) is 6.84. The van der Waals surface area contributed by atoms with Gasteiger partial charge in [0, 0.05) is 23.5 Å². The molecule has 1 saturated heterocycles. The molecule has 3 nitrogen and oxygen atoms in total. The number of piperidine rings is 1. The van der Waals surface area contributed by atoms with Crippen LogP contribution in [0.1, 0.15) is 35.7 Å². The number of amides is 1. The van der Waals surface area contributed by atoms with Gasteiger partial charge in [0.15, 0.2) is 0 Å². The minimum atomic E-state index is 0.0498. The van der Waals surface area contributed by atoms with Crippen LogP contribution >= 0.6 is 11.8 Å². The van der Waals surface area contributed by atoms with E-state index in [2.05, 4.69) is 23.2 Å². The van der Waals surface area contributed by atoms with Crippen LogP contribution in [-0.4, -0.2) is 43.2 Å². The molecule has 0 saturated carbocycles. The molecule has 0 aliphatic carbocycles. The Bertz CT molecular complexity index is 482. The maximum atomic E-state index is 12.3. The lowest BCUT2D eigenvalue weighted by molar-refractivity contribution is 0.0943. The van der Waals surface area contributed by atoms with E-state index in [1.54, 1.807) is 11.8 Å². The maximum Gasteiger partial charge on any atom is 0.251 e. The molecule has 21 heavy (non-hydrogen) atoms. The van der Waals surface area contributed by atoms with E-state index in [9.17, 15) is 4.79 Å². The van der Waals surface area contributed by atoms with Crippen molar-refractivity contribution in [2.75, 3.05) is 32.4 Å². The molecule has 0 aromatic heterocycles. The number of thioether (sulfide) groups is 1. The number of carbonyl (C=O) groups excluding carboxylic acids is 1. The summed E-state index contributed by atoms with van der Waals surface area (Å²) in [5.41, 5.74) is 1.84. The Kier molecular flexibility index (Phi) is 6.12. The molecule has 0 bridgehead atoms. The molecule has 1 N–H and O–H groups in total. The number of rotatable bonds is 5. The number of hydrogen-bond donors (Lipinski definition) is 1. The van der Waals surface area contributed by atoms with Gasteiger partial charge < -0.3 is 10.2 Å². The molecule has 1 aromatic carbocycles. The van der Waals surface area contributed by atoms with Crippen molar-refractivity contribution in [2.24, 2.45) is 5.92 Å². The van der Waals surface area contributed by atoms with Crippen LogP contribution in [-0.2, 0) is 0 Å². The number of benzene rings is 1. The summed E-state index contributed by atoms with van der Waals surface area (Å²) < 4.78 is 0. The number of carbonyl (C=O) groups is 1. The summed E-state index contributed by atoms with van der Waals surface area (Å²) in [6.07, 6.45) is 4.59. The first-order valence-corrected chi connectivity index (χ1v) is 8.98. The van der Waals surface area contributed by atoms with Crippen LogP contribution in [0.4, 0.5) is 0 Å². The monoisotopic (exact) mass is 306 g/mol. The van der Waals surface area contributed by atoms with Crippen molar-refractivity contribution in [3.05, 3.63) is 29.3 Å². The summed E-state index contributed by atoms with van der Waals surface area (Å²) in [5, 5.41) is 3.06. The highest BCUT2D eigenvalue weighted by Crippen LogP contribution is 2.19. The van der Waals surface area contributed by atoms with Crippen molar-refractivity contribution < 1.29 is 4.79 Å². The van der Waals surface area contributed by atoms with Crippen LogP contribution in [0.3, 0.4) is 0 Å². The summed E-state index contributed by atoms with van der Waals surface area (Å²) in [4.78, 5) is 15.9. The Balaban J connectivity index is 1.82. The van der Waals surface area contributed by atoms with Gasteiger partial charge in [-0.1, -0.05) is 13.0 Å². The van der Waals surface area contributed by atoms with Gasteiger partial charge in [-0.15, -0.1) is 11.8 Å². The molecule has 0 atom stereocenters. The van der Waals surface area contributed by atoms with E-state index in [1.807, 2.05) is 25.3 Å². The second-order valence-electron chi connectivity index (χ2n) is 5.96. The number of aryl methyl sites for hydroxylation is 1. The van der Waals surface area contributed by atoms with E-state index in [0.29, 0.717) is 0 Å². The Labute approximate surface area is 132 Å². The Morgan fingerprint density at radius 3 is 2.76 bits per heavy atom. The maximum absolute atomic E-state index is 12.3. The van der Waals surface area contributed by atoms with Crippen LogP contribution in [0.25, 0.3) is 0 Å². The Morgan fingerprint density at radius 1 is 1.38 bits per heavy atom. The number of nitrogens with one attached hydrogen (secondary N) is 1.